The molecule has 24 heavy (non-hydrogen) atoms. The summed E-state index contributed by atoms with van der Waals surface area (Å²) >= 11 is 1.80. The van der Waals surface area contributed by atoms with Crippen LogP contribution in [0.2, 0.25) is 0 Å². The Labute approximate surface area is 142 Å². The van der Waals surface area contributed by atoms with Gasteiger partial charge in [-0.1, -0.05) is 6.92 Å². The van der Waals surface area contributed by atoms with Crippen LogP contribution >= 0.6 is 11.3 Å². The standard InChI is InChI=1S/C17H17N5OS/c1-10-4-5-13-12(7-10)14-15-19-9-20-22(15)17(21-16(14)24-13)18-8-11-3-2-6-23-11/h2-3,6,9-10H,4-5,7-8H2,1H3,(H,18,21)/t10-/m0/s1. The Hall–Kier alpha value is -2.41. The molecule has 0 radical (unpaired) electrons. The summed E-state index contributed by atoms with van der Waals surface area (Å²) < 4.78 is 7.18. The summed E-state index contributed by atoms with van der Waals surface area (Å²) in [6, 6.07) is 3.82. The molecule has 7 heteroatoms. The first-order valence-electron chi connectivity index (χ1n) is 8.20. The number of thiophene rings is 1. The molecule has 1 aliphatic rings. The van der Waals surface area contributed by atoms with Crippen molar-refractivity contribution in [3.63, 3.8) is 0 Å². The van der Waals surface area contributed by atoms with Crippen LogP contribution in [0.1, 0.15) is 29.5 Å². The number of hydrogen-bond donors (Lipinski definition) is 1. The summed E-state index contributed by atoms with van der Waals surface area (Å²) in [6.07, 6.45) is 6.79. The van der Waals surface area contributed by atoms with E-state index in [1.807, 2.05) is 12.1 Å². The maximum atomic E-state index is 5.38. The van der Waals surface area contributed by atoms with Gasteiger partial charge >= 0.3 is 0 Å². The van der Waals surface area contributed by atoms with E-state index in [1.54, 1.807) is 28.4 Å². The highest BCUT2D eigenvalue weighted by Crippen LogP contribution is 2.39. The van der Waals surface area contributed by atoms with Crippen LogP contribution < -0.4 is 5.32 Å². The number of nitrogens with one attached hydrogen (secondary N) is 1. The fourth-order valence-electron chi connectivity index (χ4n) is 3.46. The van der Waals surface area contributed by atoms with Crippen LogP contribution in [0.4, 0.5) is 5.95 Å². The van der Waals surface area contributed by atoms with E-state index in [-0.39, 0.29) is 0 Å². The number of aryl methyl sites for hydroxylation is 1. The number of aromatic nitrogens is 4. The van der Waals surface area contributed by atoms with Gasteiger partial charge in [0.05, 0.1) is 18.2 Å². The minimum atomic E-state index is 0.572. The summed E-state index contributed by atoms with van der Waals surface area (Å²) in [5, 5.41) is 8.87. The first kappa shape index (κ1) is 14.0. The largest absolute Gasteiger partial charge is 0.467 e. The number of nitrogens with zero attached hydrogens (tertiary/aromatic N) is 4. The van der Waals surface area contributed by atoms with Crippen molar-refractivity contribution in [1.82, 2.24) is 19.6 Å². The molecule has 0 fully saturated rings. The van der Waals surface area contributed by atoms with Gasteiger partial charge in [-0.05, 0) is 42.9 Å². The number of hydrogen-bond acceptors (Lipinski definition) is 6. The lowest BCUT2D eigenvalue weighted by Gasteiger charge is -2.17. The summed E-state index contributed by atoms with van der Waals surface area (Å²) in [7, 11) is 0. The van der Waals surface area contributed by atoms with Gasteiger partial charge in [-0.3, -0.25) is 0 Å². The molecule has 6 nitrogen and oxygen atoms in total. The van der Waals surface area contributed by atoms with E-state index in [0.29, 0.717) is 12.5 Å². The normalized spacial score (nSPS) is 17.5. The molecule has 1 aliphatic carbocycles. The second kappa shape index (κ2) is 5.31. The fraction of sp³-hybridized carbons (Fsp3) is 0.353. The van der Waals surface area contributed by atoms with Crippen LogP contribution in [-0.2, 0) is 19.4 Å². The van der Waals surface area contributed by atoms with Crippen LogP contribution in [0, 0.1) is 5.92 Å². The molecular formula is C17H17N5OS. The monoisotopic (exact) mass is 339 g/mol. The molecule has 0 spiro atoms. The molecule has 4 aromatic heterocycles. The van der Waals surface area contributed by atoms with Crippen molar-refractivity contribution in [3.8, 4) is 0 Å². The Kier molecular flexibility index (Phi) is 3.09. The van der Waals surface area contributed by atoms with Crippen molar-refractivity contribution < 1.29 is 4.42 Å². The molecular weight excluding hydrogens is 322 g/mol. The molecule has 1 N–H and O–H groups in total. The van der Waals surface area contributed by atoms with Gasteiger partial charge in [-0.15, -0.1) is 11.3 Å². The van der Waals surface area contributed by atoms with Gasteiger partial charge in [0, 0.05) is 4.88 Å². The predicted molar refractivity (Wildman–Crippen MR) is 93.4 cm³/mol. The summed E-state index contributed by atoms with van der Waals surface area (Å²) in [5.74, 6) is 2.29. The first-order valence-corrected chi connectivity index (χ1v) is 9.01. The summed E-state index contributed by atoms with van der Waals surface area (Å²) in [6.45, 7) is 2.89. The molecule has 122 valence electrons. The zero-order chi connectivity index (χ0) is 16.1. The van der Waals surface area contributed by atoms with Gasteiger partial charge in [0.25, 0.3) is 0 Å². The van der Waals surface area contributed by atoms with Crippen molar-refractivity contribution in [2.45, 2.75) is 32.7 Å². The lowest BCUT2D eigenvalue weighted by Crippen LogP contribution is -2.10. The Bertz CT molecular complexity index is 1020. The van der Waals surface area contributed by atoms with Crippen LogP contribution in [0.25, 0.3) is 15.9 Å². The Morgan fingerprint density at radius 3 is 3.29 bits per heavy atom. The highest BCUT2D eigenvalue weighted by Gasteiger charge is 2.24. The van der Waals surface area contributed by atoms with E-state index >= 15 is 0 Å². The third kappa shape index (κ3) is 2.11. The Balaban J connectivity index is 1.64. The van der Waals surface area contributed by atoms with Crippen LogP contribution in [0.3, 0.4) is 0 Å². The van der Waals surface area contributed by atoms with E-state index in [0.717, 1.165) is 35.0 Å². The number of furan rings is 1. The minimum Gasteiger partial charge on any atom is -0.467 e. The molecule has 0 unspecified atom stereocenters. The first-order chi connectivity index (χ1) is 11.8. The SMILES string of the molecule is C[C@H]1CCc2sc3nc(NCc4ccco4)n4ncnc4c3c2C1. The Morgan fingerprint density at radius 1 is 1.46 bits per heavy atom. The van der Waals surface area contributed by atoms with Crippen LogP contribution in [0.5, 0.6) is 0 Å². The molecule has 0 bridgehead atoms. The van der Waals surface area contributed by atoms with Crippen molar-refractivity contribution >= 4 is 33.1 Å². The molecule has 0 amide bonds. The lowest BCUT2D eigenvalue weighted by molar-refractivity contribution is 0.508. The van der Waals surface area contributed by atoms with Crippen molar-refractivity contribution in [3.05, 3.63) is 40.9 Å². The molecule has 1 atom stereocenters. The van der Waals surface area contributed by atoms with Gasteiger partial charge < -0.3 is 9.73 Å². The minimum absolute atomic E-state index is 0.572. The maximum Gasteiger partial charge on any atom is 0.227 e. The van der Waals surface area contributed by atoms with Gasteiger partial charge in [0.1, 0.15) is 16.9 Å². The Morgan fingerprint density at radius 2 is 2.42 bits per heavy atom. The van der Waals surface area contributed by atoms with Crippen molar-refractivity contribution in [2.24, 2.45) is 5.92 Å². The molecule has 0 aromatic carbocycles. The van der Waals surface area contributed by atoms with Gasteiger partial charge in [0.2, 0.25) is 5.95 Å². The van der Waals surface area contributed by atoms with E-state index in [1.165, 1.54) is 22.2 Å². The second-order valence-electron chi connectivity index (χ2n) is 6.40. The highest BCUT2D eigenvalue weighted by molar-refractivity contribution is 7.19. The molecule has 4 heterocycles. The van der Waals surface area contributed by atoms with E-state index in [4.69, 9.17) is 9.40 Å². The second-order valence-corrected chi connectivity index (χ2v) is 7.48. The number of fused-ring (bicyclic) bond motifs is 5. The van der Waals surface area contributed by atoms with Gasteiger partial charge in [0.15, 0.2) is 5.65 Å². The molecule has 0 saturated heterocycles. The van der Waals surface area contributed by atoms with Gasteiger partial charge in [-0.25, -0.2) is 9.97 Å². The smallest absolute Gasteiger partial charge is 0.227 e. The number of rotatable bonds is 3. The predicted octanol–water partition coefficient (Wildman–Crippen LogP) is 3.67. The molecule has 0 aliphatic heterocycles. The van der Waals surface area contributed by atoms with Crippen molar-refractivity contribution in [2.75, 3.05) is 5.32 Å². The average Bonchev–Trinajstić information content (AvgIpc) is 3.30. The van der Waals surface area contributed by atoms with Gasteiger partial charge in [-0.2, -0.15) is 9.61 Å². The number of anilines is 1. The lowest BCUT2D eigenvalue weighted by atomic mass is 9.89. The highest BCUT2D eigenvalue weighted by atomic mass is 32.1. The molecule has 0 saturated carbocycles. The third-order valence-corrected chi connectivity index (χ3v) is 5.85. The zero-order valence-corrected chi connectivity index (χ0v) is 14.1. The summed E-state index contributed by atoms with van der Waals surface area (Å²) in [5.41, 5.74) is 2.32. The van der Waals surface area contributed by atoms with Crippen LogP contribution in [0.15, 0.2) is 29.1 Å². The van der Waals surface area contributed by atoms with E-state index in [9.17, 15) is 0 Å². The molecule has 5 rings (SSSR count). The quantitative estimate of drug-likeness (QED) is 0.617. The zero-order valence-electron chi connectivity index (χ0n) is 13.3. The van der Waals surface area contributed by atoms with Crippen LogP contribution in [-0.4, -0.2) is 19.6 Å². The van der Waals surface area contributed by atoms with E-state index in [2.05, 4.69) is 22.3 Å². The maximum absolute atomic E-state index is 5.38. The topological polar surface area (TPSA) is 68.2 Å². The summed E-state index contributed by atoms with van der Waals surface area (Å²) in [4.78, 5) is 11.9. The van der Waals surface area contributed by atoms with Crippen molar-refractivity contribution in [1.29, 1.82) is 0 Å². The third-order valence-electron chi connectivity index (χ3n) is 4.67. The average molecular weight is 339 g/mol. The van der Waals surface area contributed by atoms with E-state index < -0.39 is 0 Å². The fourth-order valence-corrected chi connectivity index (χ4v) is 4.67. The molecule has 4 aromatic rings.